The summed E-state index contributed by atoms with van der Waals surface area (Å²) >= 11 is 0. The van der Waals surface area contributed by atoms with E-state index >= 15 is 0 Å². The molecule has 0 radical (unpaired) electrons. The van der Waals surface area contributed by atoms with E-state index in [1.54, 1.807) is 6.20 Å². The first-order valence-electron chi connectivity index (χ1n) is 6.28. The average molecular weight is 249 g/mol. The molecule has 5 heteroatoms. The van der Waals surface area contributed by atoms with Gasteiger partial charge in [-0.15, -0.1) is 0 Å². The van der Waals surface area contributed by atoms with Crippen molar-refractivity contribution >= 4 is 11.9 Å². The first kappa shape index (κ1) is 12.8. The minimum Gasteiger partial charge on any atom is -0.465 e. The number of ether oxygens (including phenoxy) is 1. The summed E-state index contributed by atoms with van der Waals surface area (Å²) in [6.45, 7) is 6.02. The standard InChI is InChI=1S/C13H19N3O2/c1-9-5-4-6-16(8-9)13-14-7-11(10(2)15-13)12(17)18-3/h7,9H,4-6,8H2,1-3H3. The second-order valence-corrected chi connectivity index (χ2v) is 4.85. The number of aromatic nitrogens is 2. The molecule has 1 aliphatic rings. The Kier molecular flexibility index (Phi) is 3.79. The Bertz CT molecular complexity index is 448. The fourth-order valence-electron chi connectivity index (χ4n) is 2.29. The maximum Gasteiger partial charge on any atom is 0.341 e. The van der Waals surface area contributed by atoms with Gasteiger partial charge in [-0.25, -0.2) is 14.8 Å². The van der Waals surface area contributed by atoms with E-state index in [-0.39, 0.29) is 5.97 Å². The highest BCUT2D eigenvalue weighted by Gasteiger charge is 2.20. The third-order valence-corrected chi connectivity index (χ3v) is 3.31. The number of rotatable bonds is 2. The van der Waals surface area contributed by atoms with E-state index in [1.807, 2.05) is 6.92 Å². The van der Waals surface area contributed by atoms with Gasteiger partial charge in [-0.1, -0.05) is 6.92 Å². The van der Waals surface area contributed by atoms with Crippen molar-refractivity contribution in [1.29, 1.82) is 0 Å². The van der Waals surface area contributed by atoms with Gasteiger partial charge in [0.15, 0.2) is 0 Å². The molecule has 1 unspecified atom stereocenters. The molecule has 5 nitrogen and oxygen atoms in total. The van der Waals surface area contributed by atoms with E-state index in [9.17, 15) is 4.79 Å². The number of carbonyl (C=O) groups excluding carboxylic acids is 1. The van der Waals surface area contributed by atoms with Crippen molar-refractivity contribution in [3.05, 3.63) is 17.5 Å². The first-order chi connectivity index (χ1) is 8.61. The van der Waals surface area contributed by atoms with Crippen LogP contribution in [-0.2, 0) is 4.74 Å². The lowest BCUT2D eigenvalue weighted by Gasteiger charge is -2.31. The summed E-state index contributed by atoms with van der Waals surface area (Å²) in [5.41, 5.74) is 1.11. The Morgan fingerprint density at radius 3 is 2.94 bits per heavy atom. The van der Waals surface area contributed by atoms with Crippen molar-refractivity contribution in [3.63, 3.8) is 0 Å². The molecule has 1 aromatic rings. The van der Waals surface area contributed by atoms with Crippen molar-refractivity contribution in [1.82, 2.24) is 9.97 Å². The van der Waals surface area contributed by atoms with Gasteiger partial charge < -0.3 is 9.64 Å². The van der Waals surface area contributed by atoms with E-state index in [2.05, 4.69) is 26.5 Å². The molecule has 2 rings (SSSR count). The highest BCUT2D eigenvalue weighted by molar-refractivity contribution is 5.90. The van der Waals surface area contributed by atoms with Gasteiger partial charge in [-0.05, 0) is 25.7 Å². The highest BCUT2D eigenvalue weighted by Crippen LogP contribution is 2.20. The Hall–Kier alpha value is -1.65. The molecule has 18 heavy (non-hydrogen) atoms. The van der Waals surface area contributed by atoms with Crippen molar-refractivity contribution in [2.75, 3.05) is 25.1 Å². The summed E-state index contributed by atoms with van der Waals surface area (Å²) < 4.78 is 4.69. The van der Waals surface area contributed by atoms with Crippen LogP contribution < -0.4 is 4.90 Å². The lowest BCUT2D eigenvalue weighted by atomic mass is 10.0. The number of carbonyl (C=O) groups is 1. The molecule has 0 spiro atoms. The van der Waals surface area contributed by atoms with Crippen molar-refractivity contribution < 1.29 is 9.53 Å². The smallest absolute Gasteiger partial charge is 0.341 e. The fourth-order valence-corrected chi connectivity index (χ4v) is 2.29. The highest BCUT2D eigenvalue weighted by atomic mass is 16.5. The first-order valence-corrected chi connectivity index (χ1v) is 6.28. The second-order valence-electron chi connectivity index (χ2n) is 4.85. The normalized spacial score (nSPS) is 19.7. The lowest BCUT2D eigenvalue weighted by molar-refractivity contribution is 0.0599. The van der Waals surface area contributed by atoms with Crippen LogP contribution in [0.3, 0.4) is 0 Å². The molecule has 0 amide bonds. The quantitative estimate of drug-likeness (QED) is 0.748. The average Bonchev–Trinajstić information content (AvgIpc) is 2.37. The van der Waals surface area contributed by atoms with E-state index in [0.717, 1.165) is 13.1 Å². The number of piperidine rings is 1. The summed E-state index contributed by atoms with van der Waals surface area (Å²) in [6, 6.07) is 0. The van der Waals surface area contributed by atoms with Crippen LogP contribution in [0.5, 0.6) is 0 Å². The molecule has 1 saturated heterocycles. The maximum absolute atomic E-state index is 11.5. The molecule has 1 aromatic heterocycles. The van der Waals surface area contributed by atoms with Gasteiger partial charge in [0.2, 0.25) is 5.95 Å². The monoisotopic (exact) mass is 249 g/mol. The minimum absolute atomic E-state index is 0.383. The Morgan fingerprint density at radius 1 is 1.56 bits per heavy atom. The number of hydrogen-bond acceptors (Lipinski definition) is 5. The second kappa shape index (κ2) is 5.33. The Balaban J connectivity index is 2.20. The molecule has 0 N–H and O–H groups in total. The topological polar surface area (TPSA) is 55.3 Å². The van der Waals surface area contributed by atoms with Crippen LogP contribution in [0.2, 0.25) is 0 Å². The van der Waals surface area contributed by atoms with Crippen molar-refractivity contribution in [2.45, 2.75) is 26.7 Å². The van der Waals surface area contributed by atoms with Gasteiger partial charge in [0, 0.05) is 19.3 Å². The predicted octanol–water partition coefficient (Wildman–Crippen LogP) is 1.81. The Morgan fingerprint density at radius 2 is 2.33 bits per heavy atom. The molecule has 1 fully saturated rings. The van der Waals surface area contributed by atoms with E-state index in [1.165, 1.54) is 20.0 Å². The fraction of sp³-hybridized carbons (Fsp3) is 0.615. The maximum atomic E-state index is 11.5. The summed E-state index contributed by atoms with van der Waals surface area (Å²) in [4.78, 5) is 22.3. The molecule has 2 heterocycles. The van der Waals surface area contributed by atoms with Gasteiger partial charge in [0.25, 0.3) is 0 Å². The molecular weight excluding hydrogens is 230 g/mol. The zero-order chi connectivity index (χ0) is 13.1. The van der Waals surface area contributed by atoms with E-state index < -0.39 is 0 Å². The van der Waals surface area contributed by atoms with Crippen LogP contribution in [0, 0.1) is 12.8 Å². The molecule has 1 aliphatic heterocycles. The molecule has 1 atom stereocenters. The van der Waals surface area contributed by atoms with Crippen LogP contribution in [0.15, 0.2) is 6.20 Å². The number of hydrogen-bond donors (Lipinski definition) is 0. The summed E-state index contributed by atoms with van der Waals surface area (Å²) in [7, 11) is 1.36. The number of esters is 1. The SMILES string of the molecule is COC(=O)c1cnc(N2CCCC(C)C2)nc1C. The minimum atomic E-state index is -0.383. The van der Waals surface area contributed by atoms with Crippen LogP contribution in [0.4, 0.5) is 5.95 Å². The predicted molar refractivity (Wildman–Crippen MR) is 68.7 cm³/mol. The van der Waals surface area contributed by atoms with Crippen molar-refractivity contribution in [2.24, 2.45) is 5.92 Å². The lowest BCUT2D eigenvalue weighted by Crippen LogP contribution is -2.35. The van der Waals surface area contributed by atoms with Crippen LogP contribution in [-0.4, -0.2) is 36.1 Å². The number of aryl methyl sites for hydroxylation is 1. The molecule has 0 bridgehead atoms. The van der Waals surface area contributed by atoms with E-state index in [0.29, 0.717) is 23.1 Å². The Labute approximate surface area is 107 Å². The van der Waals surface area contributed by atoms with E-state index in [4.69, 9.17) is 0 Å². The number of anilines is 1. The van der Waals surface area contributed by atoms with Gasteiger partial charge in [0.1, 0.15) is 0 Å². The van der Waals surface area contributed by atoms with Crippen LogP contribution in [0.25, 0.3) is 0 Å². The summed E-state index contributed by atoms with van der Waals surface area (Å²) in [5, 5.41) is 0. The zero-order valence-corrected chi connectivity index (χ0v) is 11.1. The summed E-state index contributed by atoms with van der Waals surface area (Å²) in [6.07, 6.45) is 3.99. The molecular formula is C13H19N3O2. The summed E-state index contributed by atoms with van der Waals surface area (Å²) in [5.74, 6) is 1.00. The third kappa shape index (κ3) is 2.60. The molecule has 0 aliphatic carbocycles. The molecule has 0 saturated carbocycles. The third-order valence-electron chi connectivity index (χ3n) is 3.31. The van der Waals surface area contributed by atoms with Crippen LogP contribution in [0.1, 0.15) is 35.8 Å². The number of methoxy groups -OCH3 is 1. The van der Waals surface area contributed by atoms with Crippen LogP contribution >= 0.6 is 0 Å². The number of nitrogens with zero attached hydrogens (tertiary/aromatic N) is 3. The zero-order valence-electron chi connectivity index (χ0n) is 11.1. The molecule has 0 aromatic carbocycles. The van der Waals surface area contributed by atoms with Gasteiger partial charge >= 0.3 is 5.97 Å². The van der Waals surface area contributed by atoms with Crippen molar-refractivity contribution in [3.8, 4) is 0 Å². The van der Waals surface area contributed by atoms with Gasteiger partial charge in [-0.2, -0.15) is 0 Å². The largest absolute Gasteiger partial charge is 0.465 e. The van der Waals surface area contributed by atoms with Gasteiger partial charge in [-0.3, -0.25) is 0 Å². The van der Waals surface area contributed by atoms with Gasteiger partial charge in [0.05, 0.1) is 18.4 Å². The molecule has 98 valence electrons.